The fourth-order valence-electron chi connectivity index (χ4n) is 3.25. The molecule has 7 heteroatoms. The van der Waals surface area contributed by atoms with Crippen molar-refractivity contribution < 1.29 is 18.8 Å². The molecule has 3 N–H and O–H groups in total. The first-order chi connectivity index (χ1) is 16.1. The number of halogens is 1. The van der Waals surface area contributed by atoms with Gasteiger partial charge in [-0.05, 0) is 74.9 Å². The summed E-state index contributed by atoms with van der Waals surface area (Å²) in [6.07, 6.45) is 0.270. The molecular formula is C27H28FN3O3. The van der Waals surface area contributed by atoms with Crippen molar-refractivity contribution in [3.8, 4) is 0 Å². The molecule has 3 aromatic carbocycles. The van der Waals surface area contributed by atoms with E-state index < -0.39 is 23.7 Å². The van der Waals surface area contributed by atoms with Crippen LogP contribution in [-0.4, -0.2) is 29.3 Å². The minimum Gasteiger partial charge on any atom is -0.347 e. The van der Waals surface area contributed by atoms with Gasteiger partial charge in [0.25, 0.3) is 11.8 Å². The summed E-state index contributed by atoms with van der Waals surface area (Å²) in [5.41, 5.74) is 1.72. The minimum atomic E-state index is -0.871. The van der Waals surface area contributed by atoms with Crippen molar-refractivity contribution in [1.29, 1.82) is 0 Å². The SMILES string of the molecule is CC(C)(C)NC(=O)c1ccc(NC(=O)C(Cc2ccccc2)NC(=O)c2ccc(F)cc2)cc1. The number of rotatable bonds is 7. The van der Waals surface area contributed by atoms with Gasteiger partial charge in [0.2, 0.25) is 5.91 Å². The zero-order valence-corrected chi connectivity index (χ0v) is 19.4. The van der Waals surface area contributed by atoms with Crippen LogP contribution in [0, 0.1) is 5.82 Å². The van der Waals surface area contributed by atoms with Gasteiger partial charge in [0.05, 0.1) is 0 Å². The second-order valence-electron chi connectivity index (χ2n) is 8.99. The molecule has 3 aromatic rings. The van der Waals surface area contributed by atoms with Crippen molar-refractivity contribution >= 4 is 23.4 Å². The van der Waals surface area contributed by atoms with Gasteiger partial charge in [0, 0.05) is 28.8 Å². The molecule has 0 heterocycles. The summed E-state index contributed by atoms with van der Waals surface area (Å²) in [6.45, 7) is 5.69. The van der Waals surface area contributed by atoms with Gasteiger partial charge in [0.1, 0.15) is 11.9 Å². The summed E-state index contributed by atoms with van der Waals surface area (Å²) in [7, 11) is 0. The van der Waals surface area contributed by atoms with Crippen LogP contribution >= 0.6 is 0 Å². The Kier molecular flexibility index (Phi) is 7.79. The van der Waals surface area contributed by atoms with Crippen LogP contribution in [0.3, 0.4) is 0 Å². The molecule has 3 amide bonds. The Balaban J connectivity index is 1.73. The molecule has 0 aliphatic heterocycles. The maximum absolute atomic E-state index is 13.2. The van der Waals surface area contributed by atoms with Crippen LogP contribution in [0.15, 0.2) is 78.9 Å². The van der Waals surface area contributed by atoms with Crippen LogP contribution in [0.1, 0.15) is 47.1 Å². The van der Waals surface area contributed by atoms with Crippen molar-refractivity contribution in [2.75, 3.05) is 5.32 Å². The topological polar surface area (TPSA) is 87.3 Å². The van der Waals surface area contributed by atoms with E-state index in [1.165, 1.54) is 24.3 Å². The summed E-state index contributed by atoms with van der Waals surface area (Å²) in [4.78, 5) is 38.1. The predicted molar refractivity (Wildman–Crippen MR) is 130 cm³/mol. The van der Waals surface area contributed by atoms with E-state index in [2.05, 4.69) is 16.0 Å². The molecule has 0 saturated carbocycles. The van der Waals surface area contributed by atoms with Gasteiger partial charge in [-0.25, -0.2) is 4.39 Å². The van der Waals surface area contributed by atoms with E-state index in [1.807, 2.05) is 51.1 Å². The van der Waals surface area contributed by atoms with E-state index in [0.29, 0.717) is 11.3 Å². The molecule has 6 nitrogen and oxygen atoms in total. The van der Waals surface area contributed by atoms with Gasteiger partial charge < -0.3 is 16.0 Å². The molecule has 34 heavy (non-hydrogen) atoms. The number of hydrogen-bond donors (Lipinski definition) is 3. The number of carbonyl (C=O) groups is 3. The molecule has 0 radical (unpaired) electrons. The average Bonchev–Trinajstić information content (AvgIpc) is 2.79. The Morgan fingerprint density at radius 1 is 0.794 bits per heavy atom. The van der Waals surface area contributed by atoms with E-state index >= 15 is 0 Å². The van der Waals surface area contributed by atoms with Crippen molar-refractivity contribution in [2.45, 2.75) is 38.8 Å². The molecule has 0 bridgehead atoms. The smallest absolute Gasteiger partial charge is 0.251 e. The van der Waals surface area contributed by atoms with Crippen LogP contribution in [0.25, 0.3) is 0 Å². The molecule has 0 spiro atoms. The number of carbonyl (C=O) groups excluding carboxylic acids is 3. The van der Waals surface area contributed by atoms with E-state index in [4.69, 9.17) is 0 Å². The maximum Gasteiger partial charge on any atom is 0.251 e. The molecule has 0 aliphatic carbocycles. The van der Waals surface area contributed by atoms with Gasteiger partial charge >= 0.3 is 0 Å². The van der Waals surface area contributed by atoms with Gasteiger partial charge in [0.15, 0.2) is 0 Å². The van der Waals surface area contributed by atoms with Crippen LogP contribution < -0.4 is 16.0 Å². The molecule has 0 fully saturated rings. The number of hydrogen-bond acceptors (Lipinski definition) is 3. The third-order valence-electron chi connectivity index (χ3n) is 4.91. The lowest BCUT2D eigenvalue weighted by Gasteiger charge is -2.21. The van der Waals surface area contributed by atoms with Gasteiger partial charge in [-0.3, -0.25) is 14.4 Å². The number of anilines is 1. The number of nitrogens with one attached hydrogen (secondary N) is 3. The Bertz CT molecular complexity index is 1140. The highest BCUT2D eigenvalue weighted by Crippen LogP contribution is 2.13. The fourth-order valence-corrected chi connectivity index (χ4v) is 3.25. The first-order valence-corrected chi connectivity index (χ1v) is 10.9. The highest BCUT2D eigenvalue weighted by Gasteiger charge is 2.22. The van der Waals surface area contributed by atoms with E-state index in [1.54, 1.807) is 24.3 Å². The monoisotopic (exact) mass is 461 g/mol. The summed E-state index contributed by atoms with van der Waals surface area (Å²) >= 11 is 0. The van der Waals surface area contributed by atoms with Crippen LogP contribution in [0.4, 0.5) is 10.1 Å². The molecule has 176 valence electrons. The van der Waals surface area contributed by atoms with Crippen LogP contribution in [-0.2, 0) is 11.2 Å². The molecular weight excluding hydrogens is 433 g/mol. The summed E-state index contributed by atoms with van der Waals surface area (Å²) in [5.74, 6) is -1.55. The molecule has 1 unspecified atom stereocenters. The van der Waals surface area contributed by atoms with E-state index in [9.17, 15) is 18.8 Å². The highest BCUT2D eigenvalue weighted by molar-refractivity contribution is 6.01. The van der Waals surface area contributed by atoms with Crippen LogP contribution in [0.2, 0.25) is 0 Å². The largest absolute Gasteiger partial charge is 0.347 e. The lowest BCUT2D eigenvalue weighted by molar-refractivity contribution is -0.118. The summed E-state index contributed by atoms with van der Waals surface area (Å²) in [6, 6.07) is 20.1. The number of benzene rings is 3. The summed E-state index contributed by atoms with van der Waals surface area (Å²) < 4.78 is 13.2. The molecule has 0 aromatic heterocycles. The quantitative estimate of drug-likeness (QED) is 0.489. The molecule has 0 saturated heterocycles. The second-order valence-corrected chi connectivity index (χ2v) is 8.99. The highest BCUT2D eigenvalue weighted by atomic mass is 19.1. The van der Waals surface area contributed by atoms with Crippen molar-refractivity contribution in [1.82, 2.24) is 10.6 Å². The Morgan fingerprint density at radius 2 is 1.35 bits per heavy atom. The zero-order chi connectivity index (χ0) is 24.7. The standard InChI is InChI=1S/C27H28FN3O3/c1-27(2,3)31-25(33)20-11-15-22(16-12-20)29-26(34)23(17-18-7-5-4-6-8-18)30-24(32)19-9-13-21(28)14-10-19/h4-16,23H,17H2,1-3H3,(H,29,34)(H,30,32)(H,31,33). The van der Waals surface area contributed by atoms with Crippen molar-refractivity contribution in [2.24, 2.45) is 0 Å². The van der Waals surface area contributed by atoms with Crippen LogP contribution in [0.5, 0.6) is 0 Å². The lowest BCUT2D eigenvalue weighted by atomic mass is 10.0. The van der Waals surface area contributed by atoms with Crippen molar-refractivity contribution in [3.05, 3.63) is 101 Å². The van der Waals surface area contributed by atoms with Gasteiger partial charge in [-0.2, -0.15) is 0 Å². The molecule has 3 rings (SSSR count). The van der Waals surface area contributed by atoms with Crippen molar-refractivity contribution in [3.63, 3.8) is 0 Å². The zero-order valence-electron chi connectivity index (χ0n) is 19.4. The Labute approximate surface area is 198 Å². The third kappa shape index (κ3) is 7.27. The van der Waals surface area contributed by atoms with E-state index in [0.717, 1.165) is 5.56 Å². The Hall–Kier alpha value is -4.00. The summed E-state index contributed by atoms with van der Waals surface area (Å²) in [5, 5.41) is 8.42. The van der Waals surface area contributed by atoms with E-state index in [-0.39, 0.29) is 23.4 Å². The average molecular weight is 462 g/mol. The van der Waals surface area contributed by atoms with Gasteiger partial charge in [-0.1, -0.05) is 30.3 Å². The maximum atomic E-state index is 13.2. The second kappa shape index (κ2) is 10.7. The third-order valence-corrected chi connectivity index (χ3v) is 4.91. The molecule has 1 atom stereocenters. The minimum absolute atomic E-state index is 0.209. The first kappa shape index (κ1) is 24.6. The first-order valence-electron chi connectivity index (χ1n) is 10.9. The fraction of sp³-hybridized carbons (Fsp3) is 0.222. The Morgan fingerprint density at radius 3 is 1.94 bits per heavy atom. The molecule has 0 aliphatic rings. The lowest BCUT2D eigenvalue weighted by Crippen LogP contribution is -2.45. The normalized spacial score (nSPS) is 11.9. The predicted octanol–water partition coefficient (Wildman–Crippen LogP) is 4.33. The van der Waals surface area contributed by atoms with Gasteiger partial charge in [-0.15, -0.1) is 0 Å². The number of amides is 3.